The molecule has 114 valence electrons. The highest BCUT2D eigenvalue weighted by molar-refractivity contribution is 8.00. The number of ether oxygens (including phenoxy) is 1. The van der Waals surface area contributed by atoms with Gasteiger partial charge in [-0.05, 0) is 18.6 Å². The van der Waals surface area contributed by atoms with E-state index in [1.54, 1.807) is 12.1 Å². The molecule has 21 heavy (non-hydrogen) atoms. The van der Waals surface area contributed by atoms with Crippen LogP contribution >= 0.6 is 11.8 Å². The number of hydrogen-bond acceptors (Lipinski definition) is 5. The largest absolute Gasteiger partial charge is 0.480 e. The molecular weight excluding hydrogens is 292 g/mol. The average molecular weight is 310 g/mol. The molecule has 0 aliphatic carbocycles. The maximum atomic E-state index is 12.8. The van der Waals surface area contributed by atoms with E-state index in [4.69, 9.17) is 4.74 Å². The second-order valence-corrected chi connectivity index (χ2v) is 5.91. The zero-order chi connectivity index (χ0) is 15.4. The Morgan fingerprint density at radius 3 is 2.95 bits per heavy atom. The first-order valence-corrected chi connectivity index (χ1v) is 7.81. The molecule has 0 saturated carbocycles. The van der Waals surface area contributed by atoms with Crippen molar-refractivity contribution in [3.05, 3.63) is 23.9 Å². The number of carbonyl (C=O) groups is 2. The summed E-state index contributed by atoms with van der Waals surface area (Å²) in [4.78, 5) is 29.6. The van der Waals surface area contributed by atoms with Crippen molar-refractivity contribution in [1.82, 2.24) is 9.88 Å². The zero-order valence-electron chi connectivity index (χ0n) is 12.0. The Morgan fingerprint density at radius 1 is 1.57 bits per heavy atom. The lowest BCUT2D eigenvalue weighted by Gasteiger charge is -2.27. The Morgan fingerprint density at radius 2 is 2.33 bits per heavy atom. The van der Waals surface area contributed by atoms with Gasteiger partial charge in [0, 0.05) is 11.9 Å². The third-order valence-corrected chi connectivity index (χ3v) is 4.70. The summed E-state index contributed by atoms with van der Waals surface area (Å²) in [6.45, 7) is 2.02. The number of pyridine rings is 1. The minimum Gasteiger partial charge on any atom is -0.480 e. The highest BCUT2D eigenvalue weighted by Crippen LogP contribution is 2.34. The molecule has 0 aromatic carbocycles. The molecular formula is C14H18N2O4S. The van der Waals surface area contributed by atoms with Crippen LogP contribution in [-0.2, 0) is 4.79 Å². The van der Waals surface area contributed by atoms with Crippen molar-refractivity contribution in [1.29, 1.82) is 0 Å². The molecule has 1 aliphatic rings. The summed E-state index contributed by atoms with van der Waals surface area (Å²) in [6.07, 6.45) is 3.19. The van der Waals surface area contributed by atoms with Crippen LogP contribution in [0.25, 0.3) is 0 Å². The topological polar surface area (TPSA) is 79.7 Å². The summed E-state index contributed by atoms with van der Waals surface area (Å²) >= 11 is 1.51. The van der Waals surface area contributed by atoms with E-state index in [1.165, 1.54) is 30.0 Å². The van der Waals surface area contributed by atoms with Crippen molar-refractivity contribution in [2.24, 2.45) is 0 Å². The Labute approximate surface area is 127 Å². The number of rotatable bonds is 5. The number of nitrogens with zero attached hydrogens (tertiary/aromatic N) is 2. The lowest BCUT2D eigenvalue weighted by Crippen LogP contribution is -2.45. The molecule has 0 bridgehead atoms. The molecule has 6 nitrogen and oxygen atoms in total. The van der Waals surface area contributed by atoms with Crippen LogP contribution in [0.5, 0.6) is 5.88 Å². The van der Waals surface area contributed by atoms with Gasteiger partial charge in [-0.25, -0.2) is 9.78 Å². The number of carboxylic acid groups (broad SMARTS) is 1. The van der Waals surface area contributed by atoms with Gasteiger partial charge in [0.25, 0.3) is 5.91 Å². The van der Waals surface area contributed by atoms with Gasteiger partial charge < -0.3 is 14.7 Å². The lowest BCUT2D eigenvalue weighted by atomic mass is 10.1. The summed E-state index contributed by atoms with van der Waals surface area (Å²) in [6, 6.07) is 2.45. The summed E-state index contributed by atoms with van der Waals surface area (Å²) in [7, 11) is 1.44. The smallest absolute Gasteiger partial charge is 0.327 e. The van der Waals surface area contributed by atoms with E-state index < -0.39 is 12.0 Å². The lowest BCUT2D eigenvalue weighted by molar-refractivity contribution is -0.141. The predicted octanol–water partition coefficient (Wildman–Crippen LogP) is 1.86. The number of amides is 1. The molecule has 2 heterocycles. The standard InChI is InChI=1S/C14H18N2O4S/c1-3-5-11-16(10(8-21-11)14(18)19)13(17)9-6-4-7-15-12(9)20-2/h4,6-7,10-11H,3,5,8H2,1-2H3,(H,18,19). The van der Waals surface area contributed by atoms with Gasteiger partial charge in [0.15, 0.2) is 0 Å². The fraction of sp³-hybridized carbons (Fsp3) is 0.500. The number of carbonyl (C=O) groups excluding carboxylic acids is 1. The van der Waals surface area contributed by atoms with Crippen LogP contribution in [0, 0.1) is 0 Å². The van der Waals surface area contributed by atoms with E-state index >= 15 is 0 Å². The van der Waals surface area contributed by atoms with Gasteiger partial charge in [0.1, 0.15) is 11.6 Å². The maximum absolute atomic E-state index is 12.8. The van der Waals surface area contributed by atoms with Crippen molar-refractivity contribution in [3.8, 4) is 5.88 Å². The van der Waals surface area contributed by atoms with Gasteiger partial charge >= 0.3 is 5.97 Å². The van der Waals surface area contributed by atoms with E-state index in [2.05, 4.69) is 4.98 Å². The van der Waals surface area contributed by atoms with Gasteiger partial charge in [-0.15, -0.1) is 11.8 Å². The van der Waals surface area contributed by atoms with E-state index in [9.17, 15) is 14.7 Å². The first kappa shape index (κ1) is 15.6. The first-order valence-electron chi connectivity index (χ1n) is 6.76. The van der Waals surface area contributed by atoms with Gasteiger partial charge in [0.2, 0.25) is 5.88 Å². The molecule has 1 fully saturated rings. The molecule has 2 atom stereocenters. The van der Waals surface area contributed by atoms with Crippen molar-refractivity contribution in [2.45, 2.75) is 31.2 Å². The average Bonchev–Trinajstić information content (AvgIpc) is 2.91. The molecule has 1 saturated heterocycles. The highest BCUT2D eigenvalue weighted by Gasteiger charge is 2.42. The second kappa shape index (κ2) is 6.80. The fourth-order valence-corrected chi connectivity index (χ4v) is 3.86. The number of thioether (sulfide) groups is 1. The quantitative estimate of drug-likeness (QED) is 0.894. The van der Waals surface area contributed by atoms with Crippen LogP contribution in [0.4, 0.5) is 0 Å². The number of carboxylic acids is 1. The Bertz CT molecular complexity index is 537. The maximum Gasteiger partial charge on any atom is 0.327 e. The molecule has 1 aromatic heterocycles. The molecule has 1 aromatic rings. The minimum absolute atomic E-state index is 0.117. The van der Waals surface area contributed by atoms with Gasteiger partial charge in [0.05, 0.1) is 12.5 Å². The fourth-order valence-electron chi connectivity index (χ4n) is 2.35. The van der Waals surface area contributed by atoms with E-state index in [0.29, 0.717) is 11.3 Å². The Kier molecular flexibility index (Phi) is 5.06. The second-order valence-electron chi connectivity index (χ2n) is 4.70. The number of hydrogen-bond donors (Lipinski definition) is 1. The minimum atomic E-state index is -0.975. The Hall–Kier alpha value is -1.76. The molecule has 1 aliphatic heterocycles. The van der Waals surface area contributed by atoms with Crippen LogP contribution in [0.2, 0.25) is 0 Å². The molecule has 7 heteroatoms. The normalized spacial score (nSPS) is 21.3. The van der Waals surface area contributed by atoms with Crippen LogP contribution in [0.1, 0.15) is 30.1 Å². The van der Waals surface area contributed by atoms with Crippen molar-refractivity contribution in [2.75, 3.05) is 12.9 Å². The third-order valence-electron chi connectivity index (χ3n) is 3.34. The highest BCUT2D eigenvalue weighted by atomic mass is 32.2. The third kappa shape index (κ3) is 3.12. The molecule has 0 radical (unpaired) electrons. The summed E-state index contributed by atoms with van der Waals surface area (Å²) in [5, 5.41) is 9.22. The van der Waals surface area contributed by atoms with Crippen LogP contribution < -0.4 is 4.74 Å². The SMILES string of the molecule is CCCC1SCC(C(=O)O)N1C(=O)c1cccnc1OC. The van der Waals surface area contributed by atoms with Gasteiger partial charge in [-0.2, -0.15) is 0 Å². The van der Waals surface area contributed by atoms with E-state index in [0.717, 1.165) is 12.8 Å². The summed E-state index contributed by atoms with van der Waals surface area (Å²) in [5.41, 5.74) is 0.301. The van der Waals surface area contributed by atoms with Gasteiger partial charge in [-0.1, -0.05) is 13.3 Å². The Balaban J connectivity index is 2.34. The predicted molar refractivity (Wildman–Crippen MR) is 79.5 cm³/mol. The molecule has 2 rings (SSSR count). The number of aliphatic carboxylic acids is 1. The van der Waals surface area contributed by atoms with Crippen molar-refractivity contribution < 1.29 is 19.4 Å². The zero-order valence-corrected chi connectivity index (χ0v) is 12.8. The van der Waals surface area contributed by atoms with E-state index in [-0.39, 0.29) is 17.2 Å². The molecule has 2 unspecified atom stereocenters. The molecule has 1 amide bonds. The van der Waals surface area contributed by atoms with Gasteiger partial charge in [-0.3, -0.25) is 4.79 Å². The monoisotopic (exact) mass is 310 g/mol. The van der Waals surface area contributed by atoms with Crippen LogP contribution in [0.15, 0.2) is 18.3 Å². The number of methoxy groups -OCH3 is 1. The van der Waals surface area contributed by atoms with Crippen LogP contribution in [-0.4, -0.2) is 51.1 Å². The van der Waals surface area contributed by atoms with Crippen LogP contribution in [0.3, 0.4) is 0 Å². The molecule has 1 N–H and O–H groups in total. The summed E-state index contributed by atoms with van der Waals surface area (Å²) in [5.74, 6) is -0.680. The van der Waals surface area contributed by atoms with E-state index in [1.807, 2.05) is 6.92 Å². The summed E-state index contributed by atoms with van der Waals surface area (Å²) < 4.78 is 5.10. The van der Waals surface area contributed by atoms with Crippen molar-refractivity contribution >= 4 is 23.6 Å². The number of aromatic nitrogens is 1. The molecule has 0 spiro atoms. The first-order chi connectivity index (χ1) is 10.1. The van der Waals surface area contributed by atoms with Crippen molar-refractivity contribution in [3.63, 3.8) is 0 Å².